The molecule has 18 heavy (non-hydrogen) atoms. The Balaban J connectivity index is 3.07. The second-order valence-corrected chi connectivity index (χ2v) is 5.82. The Kier molecular flexibility index (Phi) is 5.08. The van der Waals surface area contributed by atoms with E-state index in [1.165, 1.54) is 6.07 Å². The van der Waals surface area contributed by atoms with Gasteiger partial charge in [0.05, 0.1) is 19.9 Å². The molecule has 102 valence electrons. The summed E-state index contributed by atoms with van der Waals surface area (Å²) in [5.74, 6) is 0. The Labute approximate surface area is 106 Å². The summed E-state index contributed by atoms with van der Waals surface area (Å²) in [5, 5.41) is -0.0304. The van der Waals surface area contributed by atoms with Crippen LogP contribution >= 0.6 is 18.9 Å². The zero-order valence-corrected chi connectivity index (χ0v) is 11.2. The molecule has 0 saturated heterocycles. The van der Waals surface area contributed by atoms with Gasteiger partial charge in [-0.1, -0.05) is 11.3 Å². The number of hydrogen-bond donors (Lipinski definition) is 2. The van der Waals surface area contributed by atoms with Crippen LogP contribution in [0.25, 0.3) is 0 Å². The molecule has 0 atom stereocenters. The monoisotopic (exact) mass is 298 g/mol. The van der Waals surface area contributed by atoms with Crippen molar-refractivity contribution in [3.8, 4) is 5.06 Å². The van der Waals surface area contributed by atoms with E-state index in [0.29, 0.717) is 0 Å². The van der Waals surface area contributed by atoms with Gasteiger partial charge < -0.3 is 16.2 Å². The topological polar surface area (TPSA) is 132 Å². The van der Waals surface area contributed by atoms with E-state index in [0.717, 1.165) is 25.6 Å². The van der Waals surface area contributed by atoms with Crippen LogP contribution in [0.4, 0.5) is 10.5 Å². The van der Waals surface area contributed by atoms with Crippen molar-refractivity contribution in [2.24, 2.45) is 5.73 Å². The number of carbonyl (C=O) groups excluding carboxylic acids is 1. The van der Waals surface area contributed by atoms with Gasteiger partial charge in [0, 0.05) is 0 Å². The molecule has 0 aliphatic heterocycles. The summed E-state index contributed by atoms with van der Waals surface area (Å²) >= 11 is 0.754. The molecule has 0 unspecified atom stereocenters. The smallest absolute Gasteiger partial charge is 0.397 e. The Morgan fingerprint density at radius 3 is 2.33 bits per heavy atom. The predicted octanol–water partition coefficient (Wildman–Crippen LogP) is 0.762. The minimum atomic E-state index is -3.86. The van der Waals surface area contributed by atoms with E-state index < -0.39 is 13.7 Å². The summed E-state index contributed by atoms with van der Waals surface area (Å²) in [7, 11) is -1.57. The standard InChI is InChI=1S/C7H11N2O7PS/c1-12-15-17(11,16-13-2)5-3-4(8)6(18-5)14-7(9)10/h3H,8H2,1-2H3,(H2,9,10). The molecular formula is C7H11N2O7PS. The first-order valence-electron chi connectivity index (χ1n) is 4.35. The van der Waals surface area contributed by atoms with Crippen molar-refractivity contribution in [3.63, 3.8) is 0 Å². The van der Waals surface area contributed by atoms with Crippen molar-refractivity contribution in [2.75, 3.05) is 20.0 Å². The highest BCUT2D eigenvalue weighted by Crippen LogP contribution is 2.51. The molecule has 1 heterocycles. The SMILES string of the molecule is COOP(=O)(OOC)c1cc(N)c(OC(N)=O)s1. The highest BCUT2D eigenvalue weighted by molar-refractivity contribution is 7.68. The number of ether oxygens (including phenoxy) is 1. The average molecular weight is 298 g/mol. The molecule has 0 aliphatic carbocycles. The number of anilines is 1. The molecule has 4 N–H and O–H groups in total. The predicted molar refractivity (Wildman–Crippen MR) is 62.4 cm³/mol. The van der Waals surface area contributed by atoms with Crippen molar-refractivity contribution in [3.05, 3.63) is 6.07 Å². The first kappa shape index (κ1) is 14.9. The Hall–Kier alpha value is -1.16. The third-order valence-corrected chi connectivity index (χ3v) is 4.66. The van der Waals surface area contributed by atoms with Gasteiger partial charge in [-0.3, -0.25) is 0 Å². The quantitative estimate of drug-likeness (QED) is 0.447. The fraction of sp³-hybridized carbons (Fsp3) is 0.286. The lowest BCUT2D eigenvalue weighted by molar-refractivity contribution is -0.239. The molecule has 11 heteroatoms. The largest absolute Gasteiger partial charge is 0.424 e. The van der Waals surface area contributed by atoms with Crippen LogP contribution in [0.1, 0.15) is 0 Å². The van der Waals surface area contributed by atoms with Crippen molar-refractivity contribution in [2.45, 2.75) is 0 Å². The minimum absolute atomic E-state index is 0.0277. The second kappa shape index (κ2) is 6.14. The van der Waals surface area contributed by atoms with Gasteiger partial charge >= 0.3 is 13.7 Å². The summed E-state index contributed by atoms with van der Waals surface area (Å²) < 4.78 is 25.8. The fourth-order valence-electron chi connectivity index (χ4n) is 0.964. The molecule has 0 bridgehead atoms. The Bertz CT molecular complexity index is 466. The number of amides is 1. The van der Waals surface area contributed by atoms with E-state index in [1.807, 2.05) is 0 Å². The van der Waals surface area contributed by atoms with Crippen LogP contribution in [0, 0.1) is 0 Å². The molecule has 1 aromatic rings. The molecule has 0 radical (unpaired) electrons. The first-order chi connectivity index (χ1) is 8.42. The molecule has 1 rings (SSSR count). The number of primary amides is 1. The molecule has 1 aromatic heterocycles. The van der Waals surface area contributed by atoms with E-state index in [9.17, 15) is 9.36 Å². The first-order valence-corrected chi connectivity index (χ1v) is 6.71. The normalized spacial score (nSPS) is 11.4. The molecule has 1 amide bonds. The van der Waals surface area contributed by atoms with Crippen LogP contribution in [0.15, 0.2) is 6.07 Å². The van der Waals surface area contributed by atoms with Gasteiger partial charge in [0.25, 0.3) is 0 Å². The van der Waals surface area contributed by atoms with Gasteiger partial charge in [0.2, 0.25) is 5.06 Å². The lowest BCUT2D eigenvalue weighted by Crippen LogP contribution is -2.16. The molecule has 0 fully saturated rings. The van der Waals surface area contributed by atoms with E-state index >= 15 is 0 Å². The molecular weight excluding hydrogens is 287 g/mol. The highest BCUT2D eigenvalue weighted by Gasteiger charge is 2.34. The Morgan fingerprint density at radius 1 is 1.33 bits per heavy atom. The third-order valence-electron chi connectivity index (χ3n) is 1.52. The maximum Gasteiger partial charge on any atom is 0.424 e. The van der Waals surface area contributed by atoms with Gasteiger partial charge in [-0.05, 0) is 6.07 Å². The van der Waals surface area contributed by atoms with Crippen LogP contribution in [-0.2, 0) is 23.7 Å². The maximum absolute atomic E-state index is 12.2. The van der Waals surface area contributed by atoms with Crippen LogP contribution in [0.5, 0.6) is 5.06 Å². The molecule has 0 aromatic carbocycles. The number of thiophene rings is 1. The fourth-order valence-corrected chi connectivity index (χ4v) is 3.38. The van der Waals surface area contributed by atoms with Crippen molar-refractivity contribution < 1.29 is 33.2 Å². The summed E-state index contributed by atoms with van der Waals surface area (Å²) in [5.41, 5.74) is 10.4. The van der Waals surface area contributed by atoms with E-state index in [4.69, 9.17) is 11.5 Å². The lowest BCUT2D eigenvalue weighted by atomic mass is 10.5. The van der Waals surface area contributed by atoms with Crippen molar-refractivity contribution >= 4 is 35.3 Å². The van der Waals surface area contributed by atoms with Gasteiger partial charge in [0.15, 0.2) is 0 Å². The number of carbonyl (C=O) groups is 1. The summed E-state index contributed by atoms with van der Waals surface area (Å²) in [6.45, 7) is 0. The van der Waals surface area contributed by atoms with Crippen molar-refractivity contribution in [1.82, 2.24) is 0 Å². The summed E-state index contributed by atoms with van der Waals surface area (Å²) in [6.07, 6.45) is -1.05. The molecule has 9 nitrogen and oxygen atoms in total. The van der Waals surface area contributed by atoms with Gasteiger partial charge in [-0.25, -0.2) is 19.1 Å². The number of hydrogen-bond acceptors (Lipinski definition) is 9. The van der Waals surface area contributed by atoms with E-state index in [1.54, 1.807) is 0 Å². The van der Waals surface area contributed by atoms with Gasteiger partial charge in [0.1, 0.15) is 4.62 Å². The maximum atomic E-state index is 12.2. The molecule has 0 spiro atoms. The lowest BCUT2D eigenvalue weighted by Gasteiger charge is -2.11. The number of nitrogens with two attached hydrogens (primary N) is 2. The minimum Gasteiger partial charge on any atom is -0.397 e. The van der Waals surface area contributed by atoms with E-state index in [-0.39, 0.29) is 15.4 Å². The second-order valence-electron chi connectivity index (χ2n) is 2.73. The van der Waals surface area contributed by atoms with Crippen LogP contribution in [-0.4, -0.2) is 20.3 Å². The summed E-state index contributed by atoms with van der Waals surface area (Å²) in [6, 6.07) is 1.24. The zero-order chi connectivity index (χ0) is 13.8. The van der Waals surface area contributed by atoms with E-state index in [2.05, 4.69) is 23.9 Å². The molecule has 0 saturated carbocycles. The van der Waals surface area contributed by atoms with Gasteiger partial charge in [-0.15, -0.1) is 9.35 Å². The average Bonchev–Trinajstić information content (AvgIpc) is 2.61. The summed E-state index contributed by atoms with van der Waals surface area (Å²) in [4.78, 5) is 19.2. The number of rotatable bonds is 6. The number of nitrogen functional groups attached to an aromatic ring is 1. The molecule has 0 aliphatic rings. The van der Waals surface area contributed by atoms with Crippen LogP contribution in [0.3, 0.4) is 0 Å². The van der Waals surface area contributed by atoms with Crippen LogP contribution in [0.2, 0.25) is 0 Å². The van der Waals surface area contributed by atoms with Crippen molar-refractivity contribution in [1.29, 1.82) is 0 Å². The zero-order valence-electron chi connectivity index (χ0n) is 9.45. The Morgan fingerprint density at radius 2 is 1.89 bits per heavy atom. The van der Waals surface area contributed by atoms with Crippen LogP contribution < -0.4 is 20.8 Å². The third kappa shape index (κ3) is 3.42. The van der Waals surface area contributed by atoms with Gasteiger partial charge in [-0.2, -0.15) is 0 Å². The highest BCUT2D eigenvalue weighted by atomic mass is 32.1.